The molecule has 148 valence electrons. The van der Waals surface area contributed by atoms with Gasteiger partial charge in [-0.05, 0) is 25.1 Å². The van der Waals surface area contributed by atoms with Gasteiger partial charge in [0, 0.05) is 22.6 Å². The molecule has 0 radical (unpaired) electrons. The number of nitrogen functional groups attached to an aromatic ring is 2. The van der Waals surface area contributed by atoms with Crippen molar-refractivity contribution in [2.75, 3.05) is 16.8 Å². The van der Waals surface area contributed by atoms with Crippen LogP contribution < -0.4 is 16.8 Å². The summed E-state index contributed by atoms with van der Waals surface area (Å²) in [6, 6.07) is 17.7. The van der Waals surface area contributed by atoms with Crippen LogP contribution in [-0.2, 0) is 0 Å². The Labute approximate surface area is 172 Å². The Morgan fingerprint density at radius 1 is 1.03 bits per heavy atom. The van der Waals surface area contributed by atoms with E-state index < -0.39 is 0 Å². The van der Waals surface area contributed by atoms with E-state index in [1.807, 2.05) is 49.4 Å². The summed E-state index contributed by atoms with van der Waals surface area (Å²) in [5.74, 6) is -0.126. The van der Waals surface area contributed by atoms with Gasteiger partial charge in [0.25, 0.3) is 0 Å². The van der Waals surface area contributed by atoms with E-state index in [0.29, 0.717) is 11.2 Å². The maximum absolute atomic E-state index is 13.8. The van der Waals surface area contributed by atoms with Gasteiger partial charge in [0.15, 0.2) is 5.82 Å². The quantitative estimate of drug-likeness (QED) is 0.473. The van der Waals surface area contributed by atoms with Crippen LogP contribution in [0.25, 0.3) is 22.2 Å². The third kappa shape index (κ3) is 3.56. The van der Waals surface area contributed by atoms with E-state index in [9.17, 15) is 9.65 Å². The molecule has 2 aromatic heterocycles. The molecule has 0 aliphatic carbocycles. The standard InChI is InChI=1S/C22H18FN7/c1-12(27-21-17(11-24)20(25)29-22(26)30-21)16-9-14-7-8-15(23)10-18(14)28-19(16)13-5-3-2-4-6-13/h2-10,12H,1H3,(H5,25,26,27,29,30). The van der Waals surface area contributed by atoms with Crippen molar-refractivity contribution in [3.63, 3.8) is 0 Å². The van der Waals surface area contributed by atoms with Crippen LogP contribution in [0.1, 0.15) is 24.1 Å². The first-order chi connectivity index (χ1) is 14.5. The highest BCUT2D eigenvalue weighted by molar-refractivity contribution is 5.84. The number of nitriles is 1. The molecule has 0 aliphatic heterocycles. The molecule has 4 aromatic rings. The maximum atomic E-state index is 13.8. The zero-order valence-corrected chi connectivity index (χ0v) is 16.1. The maximum Gasteiger partial charge on any atom is 0.224 e. The molecule has 0 spiro atoms. The van der Waals surface area contributed by atoms with Gasteiger partial charge in [0.05, 0.1) is 17.3 Å². The smallest absolute Gasteiger partial charge is 0.224 e. The van der Waals surface area contributed by atoms with Crippen molar-refractivity contribution in [3.05, 3.63) is 71.5 Å². The Hall–Kier alpha value is -4.25. The molecule has 0 amide bonds. The Kier molecular flexibility index (Phi) is 4.86. The van der Waals surface area contributed by atoms with Crippen molar-refractivity contribution in [1.29, 1.82) is 5.26 Å². The molecule has 8 heteroatoms. The van der Waals surface area contributed by atoms with E-state index in [2.05, 4.69) is 15.3 Å². The highest BCUT2D eigenvalue weighted by Gasteiger charge is 2.19. The lowest BCUT2D eigenvalue weighted by Crippen LogP contribution is -2.14. The van der Waals surface area contributed by atoms with Crippen LogP contribution in [0.2, 0.25) is 0 Å². The summed E-state index contributed by atoms with van der Waals surface area (Å²) in [5.41, 5.74) is 14.6. The number of hydrogen-bond donors (Lipinski definition) is 3. The number of hydrogen-bond acceptors (Lipinski definition) is 7. The average molecular weight is 399 g/mol. The van der Waals surface area contributed by atoms with Gasteiger partial charge >= 0.3 is 0 Å². The first kappa shape index (κ1) is 19.1. The second-order valence-corrected chi connectivity index (χ2v) is 6.80. The van der Waals surface area contributed by atoms with Crippen molar-refractivity contribution in [1.82, 2.24) is 15.0 Å². The van der Waals surface area contributed by atoms with Crippen LogP contribution in [0.3, 0.4) is 0 Å². The predicted molar refractivity (Wildman–Crippen MR) is 115 cm³/mol. The average Bonchev–Trinajstić information content (AvgIpc) is 2.73. The lowest BCUT2D eigenvalue weighted by Gasteiger charge is -2.20. The van der Waals surface area contributed by atoms with Crippen molar-refractivity contribution < 1.29 is 4.39 Å². The third-order valence-corrected chi connectivity index (χ3v) is 4.74. The molecule has 0 fully saturated rings. The molecule has 0 aliphatic rings. The molecule has 4 rings (SSSR count). The second kappa shape index (κ2) is 7.64. The Morgan fingerprint density at radius 3 is 2.53 bits per heavy atom. The minimum absolute atomic E-state index is 0.00935. The van der Waals surface area contributed by atoms with Crippen molar-refractivity contribution in [3.8, 4) is 17.3 Å². The van der Waals surface area contributed by atoms with Crippen LogP contribution >= 0.6 is 0 Å². The number of halogens is 1. The molecular formula is C22H18FN7. The number of pyridine rings is 1. The molecule has 30 heavy (non-hydrogen) atoms. The summed E-state index contributed by atoms with van der Waals surface area (Å²) in [7, 11) is 0. The number of benzene rings is 2. The number of anilines is 3. The molecule has 1 unspecified atom stereocenters. The Balaban J connectivity index is 1.85. The summed E-state index contributed by atoms with van der Waals surface area (Å²) in [4.78, 5) is 12.7. The van der Waals surface area contributed by atoms with Gasteiger partial charge in [-0.1, -0.05) is 30.3 Å². The van der Waals surface area contributed by atoms with Crippen LogP contribution in [0.15, 0.2) is 54.6 Å². The van der Waals surface area contributed by atoms with Gasteiger partial charge in [-0.2, -0.15) is 15.2 Å². The molecule has 0 saturated heterocycles. The molecule has 2 aromatic carbocycles. The zero-order chi connectivity index (χ0) is 21.3. The van der Waals surface area contributed by atoms with Crippen molar-refractivity contribution >= 4 is 28.5 Å². The molecular weight excluding hydrogens is 381 g/mol. The van der Waals surface area contributed by atoms with E-state index in [0.717, 1.165) is 16.5 Å². The van der Waals surface area contributed by atoms with Crippen molar-refractivity contribution in [2.24, 2.45) is 0 Å². The minimum Gasteiger partial charge on any atom is -0.382 e. The number of nitrogens with one attached hydrogen (secondary N) is 1. The lowest BCUT2D eigenvalue weighted by molar-refractivity contribution is 0.629. The summed E-state index contributed by atoms with van der Waals surface area (Å²) in [6.07, 6.45) is 0. The lowest BCUT2D eigenvalue weighted by atomic mass is 9.98. The number of fused-ring (bicyclic) bond motifs is 1. The van der Waals surface area contributed by atoms with Gasteiger partial charge in [-0.15, -0.1) is 0 Å². The summed E-state index contributed by atoms with van der Waals surface area (Å²) in [6.45, 7) is 1.91. The SMILES string of the molecule is CC(Nc1nc(N)nc(N)c1C#N)c1cc2ccc(F)cc2nc1-c1ccccc1. The predicted octanol–water partition coefficient (Wildman–Crippen LogP) is 4.04. The molecule has 1 atom stereocenters. The van der Waals surface area contributed by atoms with Gasteiger partial charge < -0.3 is 16.8 Å². The van der Waals surface area contributed by atoms with E-state index in [1.165, 1.54) is 12.1 Å². The van der Waals surface area contributed by atoms with Gasteiger partial charge in [0.1, 0.15) is 23.3 Å². The molecule has 0 saturated carbocycles. The summed E-state index contributed by atoms with van der Waals surface area (Å²) in [5, 5.41) is 13.4. The molecule has 2 heterocycles. The molecule has 7 nitrogen and oxygen atoms in total. The number of nitrogens with two attached hydrogens (primary N) is 2. The summed E-state index contributed by atoms with van der Waals surface area (Å²) < 4.78 is 13.8. The fraction of sp³-hybridized carbons (Fsp3) is 0.0909. The van der Waals surface area contributed by atoms with Crippen LogP contribution in [0.4, 0.5) is 22.0 Å². The highest BCUT2D eigenvalue weighted by atomic mass is 19.1. The van der Waals surface area contributed by atoms with E-state index >= 15 is 0 Å². The van der Waals surface area contributed by atoms with E-state index in [-0.39, 0.29) is 35.0 Å². The third-order valence-electron chi connectivity index (χ3n) is 4.74. The first-order valence-corrected chi connectivity index (χ1v) is 9.21. The van der Waals surface area contributed by atoms with Gasteiger partial charge in [-0.3, -0.25) is 0 Å². The van der Waals surface area contributed by atoms with E-state index in [1.54, 1.807) is 6.07 Å². The Bertz CT molecular complexity index is 1280. The monoisotopic (exact) mass is 399 g/mol. The van der Waals surface area contributed by atoms with Crippen LogP contribution in [0, 0.1) is 17.1 Å². The summed E-state index contributed by atoms with van der Waals surface area (Å²) >= 11 is 0. The van der Waals surface area contributed by atoms with Crippen LogP contribution in [0.5, 0.6) is 0 Å². The normalized spacial score (nSPS) is 11.8. The van der Waals surface area contributed by atoms with Gasteiger partial charge in [0.2, 0.25) is 5.95 Å². The Morgan fingerprint density at radius 2 is 1.80 bits per heavy atom. The van der Waals surface area contributed by atoms with Crippen LogP contribution in [-0.4, -0.2) is 15.0 Å². The number of rotatable bonds is 4. The first-order valence-electron chi connectivity index (χ1n) is 9.21. The topological polar surface area (TPSA) is 127 Å². The minimum atomic E-state index is -0.349. The highest BCUT2D eigenvalue weighted by Crippen LogP contribution is 2.32. The fourth-order valence-corrected chi connectivity index (χ4v) is 3.31. The molecule has 5 N–H and O–H groups in total. The van der Waals surface area contributed by atoms with Gasteiger partial charge in [-0.25, -0.2) is 9.37 Å². The number of nitrogens with zero attached hydrogens (tertiary/aromatic N) is 4. The van der Waals surface area contributed by atoms with Crippen molar-refractivity contribution in [2.45, 2.75) is 13.0 Å². The molecule has 0 bridgehead atoms. The largest absolute Gasteiger partial charge is 0.382 e. The van der Waals surface area contributed by atoms with E-state index in [4.69, 9.17) is 16.5 Å². The second-order valence-electron chi connectivity index (χ2n) is 6.80. The zero-order valence-electron chi connectivity index (χ0n) is 16.1. The fourth-order valence-electron chi connectivity index (χ4n) is 3.31. The number of aromatic nitrogens is 3.